The standard InChI is InChI=1S/C39H58F3N3O2/c1-36(2,39(40,41)42)29-45(22-18-38(19-25-47-37(3,4)28-38)34-14-16-35(46-5)17-15-34)27-31-8-12-33(13-9-31)32-10-6-30(7-11-32)26-44-23-20-43-21-24-44/h8-9,12-17,30,32,43H,6-7,10-11,18-29H2,1-5H3/t30-,32+,38-/m1/s1. The molecule has 0 spiro atoms. The zero-order valence-electron chi connectivity index (χ0n) is 29.4. The van der Waals surface area contributed by atoms with Gasteiger partial charge in [-0.15, -0.1) is 0 Å². The number of piperazine rings is 1. The van der Waals surface area contributed by atoms with Gasteiger partial charge in [-0.25, -0.2) is 0 Å². The fraction of sp³-hybridized carbons (Fsp3) is 0.692. The third-order valence-corrected chi connectivity index (χ3v) is 11.3. The van der Waals surface area contributed by atoms with E-state index in [0.29, 0.717) is 25.6 Å². The predicted molar refractivity (Wildman–Crippen MR) is 184 cm³/mol. The molecule has 2 aromatic rings. The first-order chi connectivity index (χ1) is 22.3. The summed E-state index contributed by atoms with van der Waals surface area (Å²) in [6.07, 6.45) is 3.11. The summed E-state index contributed by atoms with van der Waals surface area (Å²) < 4.78 is 54.1. The van der Waals surface area contributed by atoms with E-state index in [0.717, 1.165) is 62.7 Å². The molecule has 0 radical (unpaired) electrons. The monoisotopic (exact) mass is 657 g/mol. The second kappa shape index (κ2) is 15.2. The molecule has 2 heterocycles. The van der Waals surface area contributed by atoms with Crippen molar-refractivity contribution >= 4 is 0 Å². The lowest BCUT2D eigenvalue weighted by Crippen LogP contribution is -2.47. The van der Waals surface area contributed by atoms with Crippen molar-refractivity contribution in [2.45, 2.75) is 102 Å². The van der Waals surface area contributed by atoms with Crippen molar-refractivity contribution in [2.75, 3.05) is 59.5 Å². The molecule has 3 aliphatic rings. The van der Waals surface area contributed by atoms with Crippen molar-refractivity contribution in [3.63, 3.8) is 0 Å². The molecule has 0 amide bonds. The lowest BCUT2D eigenvalue weighted by Gasteiger charge is -2.46. The Labute approximate surface area is 281 Å². The van der Waals surface area contributed by atoms with Crippen LogP contribution in [0, 0.1) is 11.3 Å². The van der Waals surface area contributed by atoms with Crippen molar-refractivity contribution in [1.29, 1.82) is 0 Å². The number of ether oxygens (including phenoxy) is 2. The molecule has 2 saturated heterocycles. The highest BCUT2D eigenvalue weighted by Crippen LogP contribution is 2.45. The number of hydrogen-bond acceptors (Lipinski definition) is 5. The number of halogens is 3. The molecule has 5 nitrogen and oxygen atoms in total. The summed E-state index contributed by atoms with van der Waals surface area (Å²) in [6, 6.07) is 17.0. The van der Waals surface area contributed by atoms with Crippen LogP contribution in [0.25, 0.3) is 0 Å². The fourth-order valence-electron chi connectivity index (χ4n) is 8.35. The quantitative estimate of drug-likeness (QED) is 0.249. The molecule has 1 N–H and O–H groups in total. The van der Waals surface area contributed by atoms with E-state index in [4.69, 9.17) is 9.47 Å². The topological polar surface area (TPSA) is 37.0 Å². The average Bonchev–Trinajstić information content (AvgIpc) is 3.04. The van der Waals surface area contributed by atoms with E-state index in [-0.39, 0.29) is 17.6 Å². The highest BCUT2D eigenvalue weighted by Gasteiger charge is 2.48. The summed E-state index contributed by atoms with van der Waals surface area (Å²) >= 11 is 0. The Morgan fingerprint density at radius 2 is 1.62 bits per heavy atom. The Kier molecular flexibility index (Phi) is 11.7. The smallest absolute Gasteiger partial charge is 0.395 e. The van der Waals surface area contributed by atoms with Gasteiger partial charge in [0.1, 0.15) is 5.75 Å². The molecule has 3 fully saturated rings. The van der Waals surface area contributed by atoms with Gasteiger partial charge in [-0.3, -0.25) is 4.90 Å². The van der Waals surface area contributed by atoms with E-state index in [1.165, 1.54) is 57.2 Å². The van der Waals surface area contributed by atoms with Crippen molar-refractivity contribution in [2.24, 2.45) is 11.3 Å². The lowest BCUT2D eigenvalue weighted by atomic mass is 9.67. The summed E-state index contributed by atoms with van der Waals surface area (Å²) in [5.41, 5.74) is 1.33. The molecule has 262 valence electrons. The Bertz CT molecular complexity index is 1250. The number of rotatable bonds is 12. The van der Waals surface area contributed by atoms with Gasteiger partial charge < -0.3 is 19.7 Å². The van der Waals surface area contributed by atoms with Gasteiger partial charge in [0.05, 0.1) is 18.1 Å². The Morgan fingerprint density at radius 1 is 0.957 bits per heavy atom. The Hall–Kier alpha value is -2.13. The normalized spacial score (nSPS) is 26.0. The third-order valence-electron chi connectivity index (χ3n) is 11.3. The minimum absolute atomic E-state index is 0.0477. The van der Waals surface area contributed by atoms with E-state index in [9.17, 15) is 13.2 Å². The first-order valence-corrected chi connectivity index (χ1v) is 17.9. The molecule has 0 aromatic heterocycles. The minimum Gasteiger partial charge on any atom is -0.497 e. The third kappa shape index (κ3) is 9.52. The molecular weight excluding hydrogens is 599 g/mol. The average molecular weight is 658 g/mol. The van der Waals surface area contributed by atoms with Gasteiger partial charge >= 0.3 is 6.18 Å². The maximum Gasteiger partial charge on any atom is 0.395 e. The molecular formula is C39H58F3N3O2. The van der Waals surface area contributed by atoms with E-state index in [1.54, 1.807) is 7.11 Å². The number of nitrogens with one attached hydrogen (secondary N) is 1. The van der Waals surface area contributed by atoms with E-state index >= 15 is 0 Å². The summed E-state index contributed by atoms with van der Waals surface area (Å²) in [7, 11) is 1.66. The summed E-state index contributed by atoms with van der Waals surface area (Å²) in [4.78, 5) is 4.65. The van der Waals surface area contributed by atoms with Crippen LogP contribution in [-0.2, 0) is 16.7 Å². The number of methoxy groups -OCH3 is 1. The van der Waals surface area contributed by atoms with Gasteiger partial charge in [-0.1, -0.05) is 36.4 Å². The van der Waals surface area contributed by atoms with E-state index in [1.807, 2.05) is 17.0 Å². The molecule has 0 unspecified atom stereocenters. The maximum absolute atomic E-state index is 14.2. The fourth-order valence-corrected chi connectivity index (χ4v) is 8.35. The molecule has 1 aliphatic carbocycles. The summed E-state index contributed by atoms with van der Waals surface area (Å²) in [6.45, 7) is 14.3. The predicted octanol–water partition coefficient (Wildman–Crippen LogP) is 8.18. The van der Waals surface area contributed by atoms with Crippen LogP contribution in [0.3, 0.4) is 0 Å². The van der Waals surface area contributed by atoms with Crippen LogP contribution in [0.4, 0.5) is 13.2 Å². The molecule has 5 rings (SSSR count). The molecule has 1 saturated carbocycles. The van der Waals surface area contributed by atoms with Gasteiger partial charge in [0.15, 0.2) is 0 Å². The second-order valence-corrected chi connectivity index (χ2v) is 15.9. The first kappa shape index (κ1) is 36.2. The van der Waals surface area contributed by atoms with E-state index in [2.05, 4.69) is 60.5 Å². The number of benzene rings is 2. The summed E-state index contributed by atoms with van der Waals surface area (Å²) in [5.74, 6) is 2.16. The molecule has 8 heteroatoms. The minimum atomic E-state index is -4.28. The van der Waals surface area contributed by atoms with Gasteiger partial charge in [-0.2, -0.15) is 13.2 Å². The lowest BCUT2D eigenvalue weighted by molar-refractivity contribution is -0.217. The van der Waals surface area contributed by atoms with Crippen LogP contribution >= 0.6 is 0 Å². The maximum atomic E-state index is 14.2. The molecule has 2 aromatic carbocycles. The molecule has 1 atom stereocenters. The van der Waals surface area contributed by atoms with Crippen LogP contribution in [0.5, 0.6) is 5.75 Å². The van der Waals surface area contributed by atoms with Crippen LogP contribution in [-0.4, -0.2) is 81.1 Å². The second-order valence-electron chi connectivity index (χ2n) is 15.9. The molecule has 2 aliphatic heterocycles. The first-order valence-electron chi connectivity index (χ1n) is 17.9. The van der Waals surface area contributed by atoms with Crippen molar-refractivity contribution in [3.05, 3.63) is 65.2 Å². The summed E-state index contributed by atoms with van der Waals surface area (Å²) in [5, 5.41) is 3.45. The zero-order chi connectivity index (χ0) is 33.7. The highest BCUT2D eigenvalue weighted by atomic mass is 19.4. The SMILES string of the molecule is COc1ccc([C@]2(CCN(Cc3ccc([C@H]4CC[C@@H](CN5CCNCC5)CC4)cc3)CC(C)(C)C(F)(F)F)CCOC(C)(C)C2)cc1. The molecule has 0 bridgehead atoms. The highest BCUT2D eigenvalue weighted by molar-refractivity contribution is 5.33. The Balaban J connectivity index is 1.27. The van der Waals surface area contributed by atoms with Gasteiger partial charge in [0.2, 0.25) is 0 Å². The van der Waals surface area contributed by atoms with Crippen molar-refractivity contribution < 1.29 is 22.6 Å². The van der Waals surface area contributed by atoms with Crippen molar-refractivity contribution in [1.82, 2.24) is 15.1 Å². The largest absolute Gasteiger partial charge is 0.497 e. The van der Waals surface area contributed by atoms with Crippen LogP contribution in [0.1, 0.15) is 95.2 Å². The van der Waals surface area contributed by atoms with Gasteiger partial charge in [-0.05, 0) is 120 Å². The van der Waals surface area contributed by atoms with Crippen LogP contribution < -0.4 is 10.1 Å². The number of hydrogen-bond donors (Lipinski definition) is 1. The number of alkyl halides is 3. The van der Waals surface area contributed by atoms with Gasteiger partial charge in [0.25, 0.3) is 0 Å². The van der Waals surface area contributed by atoms with Crippen LogP contribution in [0.15, 0.2) is 48.5 Å². The molecule has 47 heavy (non-hydrogen) atoms. The van der Waals surface area contributed by atoms with Crippen molar-refractivity contribution in [3.8, 4) is 5.75 Å². The van der Waals surface area contributed by atoms with E-state index < -0.39 is 11.6 Å². The Morgan fingerprint density at radius 3 is 2.21 bits per heavy atom. The van der Waals surface area contributed by atoms with Crippen LogP contribution in [0.2, 0.25) is 0 Å². The van der Waals surface area contributed by atoms with Gasteiger partial charge in [0, 0.05) is 57.8 Å². The zero-order valence-corrected chi connectivity index (χ0v) is 29.4. The number of nitrogens with zero attached hydrogens (tertiary/aromatic N) is 2.